The van der Waals surface area contributed by atoms with Gasteiger partial charge in [0, 0.05) is 11.8 Å². The molecular weight excluding hydrogens is 293 g/mol. The molecule has 0 aliphatic rings. The Labute approximate surface area is 128 Å². The van der Waals surface area contributed by atoms with E-state index in [4.69, 9.17) is 11.6 Å². The minimum atomic E-state index is -4.65. The number of halogens is 3. The molecule has 0 saturated carbocycles. The summed E-state index contributed by atoms with van der Waals surface area (Å²) in [5.41, 5.74) is 7.28. The smallest absolute Gasteiger partial charge is 0.397 e. The third kappa shape index (κ3) is 4.49. The predicted octanol–water partition coefficient (Wildman–Crippen LogP) is 3.18. The molecule has 22 heavy (non-hydrogen) atoms. The van der Waals surface area contributed by atoms with Crippen LogP contribution in [0.5, 0.6) is 0 Å². The largest absolute Gasteiger partial charge is 0.434 e. The minimum absolute atomic E-state index is 0.215. The first-order valence-corrected chi connectivity index (χ1v) is 6.89. The highest BCUT2D eigenvalue weighted by Gasteiger charge is 2.36. The van der Waals surface area contributed by atoms with Crippen LogP contribution in [0, 0.1) is 5.92 Å². The van der Waals surface area contributed by atoms with Crippen molar-refractivity contribution in [1.82, 2.24) is 10.4 Å². The molecule has 0 radical (unpaired) electrons. The van der Waals surface area contributed by atoms with E-state index in [9.17, 15) is 13.2 Å². The molecule has 7 heteroatoms. The first kappa shape index (κ1) is 18.0. The SMILES string of the molecule is CCC(C)/C=C(\C)c1cc(/C(N)=C(/NN)C(F)(F)F)ccn1. The highest BCUT2D eigenvalue weighted by Crippen LogP contribution is 2.28. The first-order valence-electron chi connectivity index (χ1n) is 6.89. The number of hydrazine groups is 1. The van der Waals surface area contributed by atoms with Crippen LogP contribution in [-0.4, -0.2) is 11.2 Å². The second-order valence-electron chi connectivity index (χ2n) is 5.10. The normalized spacial score (nSPS) is 15.3. The fraction of sp³-hybridized carbons (Fsp3) is 0.400. The highest BCUT2D eigenvalue weighted by molar-refractivity contribution is 5.70. The van der Waals surface area contributed by atoms with Crippen LogP contribution in [0.3, 0.4) is 0 Å². The second kappa shape index (κ2) is 7.31. The molecule has 0 spiro atoms. The molecular formula is C15H21F3N4. The van der Waals surface area contributed by atoms with Gasteiger partial charge >= 0.3 is 6.18 Å². The van der Waals surface area contributed by atoms with Gasteiger partial charge in [0.25, 0.3) is 0 Å². The van der Waals surface area contributed by atoms with E-state index in [1.54, 1.807) is 5.43 Å². The van der Waals surface area contributed by atoms with E-state index in [1.165, 1.54) is 18.3 Å². The summed E-state index contributed by atoms with van der Waals surface area (Å²) in [5.74, 6) is 5.30. The zero-order valence-corrected chi connectivity index (χ0v) is 12.8. The Morgan fingerprint density at radius 2 is 2.09 bits per heavy atom. The summed E-state index contributed by atoms with van der Waals surface area (Å²) in [5, 5.41) is 0. The fourth-order valence-electron chi connectivity index (χ4n) is 1.90. The van der Waals surface area contributed by atoms with Crippen molar-refractivity contribution >= 4 is 11.3 Å². The molecule has 1 aromatic rings. The van der Waals surface area contributed by atoms with Gasteiger partial charge in [0.05, 0.1) is 11.4 Å². The number of rotatable bonds is 5. The van der Waals surface area contributed by atoms with Gasteiger partial charge in [0.15, 0.2) is 5.70 Å². The standard InChI is InChI=1S/C15H21F3N4/c1-4-9(2)7-10(3)12-8-11(5-6-21-12)13(19)14(22-20)15(16,17)18/h5-9,22H,4,19-20H2,1-3H3/b10-7+,14-13-. The van der Waals surface area contributed by atoms with Gasteiger partial charge in [-0.1, -0.05) is 26.3 Å². The van der Waals surface area contributed by atoms with Crippen molar-refractivity contribution in [2.75, 3.05) is 0 Å². The van der Waals surface area contributed by atoms with Crippen molar-refractivity contribution < 1.29 is 13.2 Å². The average molecular weight is 314 g/mol. The molecule has 5 N–H and O–H groups in total. The second-order valence-corrected chi connectivity index (χ2v) is 5.10. The quantitative estimate of drug-likeness (QED) is 0.576. The number of alkyl halides is 3. The summed E-state index contributed by atoms with van der Waals surface area (Å²) in [7, 11) is 0. The zero-order chi connectivity index (χ0) is 16.9. The molecule has 4 nitrogen and oxygen atoms in total. The number of allylic oxidation sites excluding steroid dienone is 3. The zero-order valence-electron chi connectivity index (χ0n) is 12.8. The van der Waals surface area contributed by atoms with E-state index in [-0.39, 0.29) is 5.56 Å². The molecule has 1 rings (SSSR count). The van der Waals surface area contributed by atoms with Gasteiger partial charge in [-0.15, -0.1) is 0 Å². The Morgan fingerprint density at radius 1 is 1.45 bits per heavy atom. The lowest BCUT2D eigenvalue weighted by Crippen LogP contribution is -2.34. The lowest BCUT2D eigenvalue weighted by Gasteiger charge is -2.15. The van der Waals surface area contributed by atoms with Gasteiger partial charge in [-0.2, -0.15) is 13.2 Å². The van der Waals surface area contributed by atoms with Crippen molar-refractivity contribution in [3.8, 4) is 0 Å². The van der Waals surface area contributed by atoms with Crippen molar-refractivity contribution in [3.05, 3.63) is 41.4 Å². The molecule has 0 fully saturated rings. The number of aromatic nitrogens is 1. The molecule has 122 valence electrons. The van der Waals surface area contributed by atoms with Crippen LogP contribution in [0.1, 0.15) is 38.4 Å². The van der Waals surface area contributed by atoms with Crippen LogP contribution in [0.4, 0.5) is 13.2 Å². The summed E-state index contributed by atoms with van der Waals surface area (Å²) in [6.07, 6.45) is -0.230. The lowest BCUT2D eigenvalue weighted by molar-refractivity contribution is -0.0961. The first-order chi connectivity index (χ1) is 10.2. The van der Waals surface area contributed by atoms with E-state index >= 15 is 0 Å². The molecule has 1 heterocycles. The lowest BCUT2D eigenvalue weighted by atomic mass is 10.0. The number of nitrogens with two attached hydrogens (primary N) is 2. The summed E-state index contributed by atoms with van der Waals surface area (Å²) >= 11 is 0. The summed E-state index contributed by atoms with van der Waals surface area (Å²) in [4.78, 5) is 4.18. The van der Waals surface area contributed by atoms with Crippen molar-refractivity contribution in [1.29, 1.82) is 0 Å². The van der Waals surface area contributed by atoms with Crippen LogP contribution in [0.2, 0.25) is 0 Å². The molecule has 0 bridgehead atoms. The molecule has 1 aromatic heterocycles. The van der Waals surface area contributed by atoms with E-state index in [0.29, 0.717) is 11.6 Å². The van der Waals surface area contributed by atoms with Gasteiger partial charge in [-0.25, -0.2) is 0 Å². The van der Waals surface area contributed by atoms with Gasteiger partial charge in [0.1, 0.15) is 0 Å². The minimum Gasteiger partial charge on any atom is -0.397 e. The Bertz CT molecular complexity index is 576. The number of hydrogen-bond acceptors (Lipinski definition) is 4. The van der Waals surface area contributed by atoms with Crippen molar-refractivity contribution in [2.45, 2.75) is 33.4 Å². The molecule has 0 saturated heterocycles. The van der Waals surface area contributed by atoms with Gasteiger partial charge in [-0.05, 0) is 30.5 Å². The Kier molecular flexibility index (Phi) is 5.99. The Balaban J connectivity index is 3.27. The van der Waals surface area contributed by atoms with E-state index in [0.717, 1.165) is 12.0 Å². The number of nitrogens with one attached hydrogen (secondary N) is 1. The highest BCUT2D eigenvalue weighted by atomic mass is 19.4. The van der Waals surface area contributed by atoms with Gasteiger partial charge in [-0.3, -0.25) is 10.8 Å². The van der Waals surface area contributed by atoms with Crippen LogP contribution in [-0.2, 0) is 0 Å². The van der Waals surface area contributed by atoms with E-state index in [1.807, 2.05) is 13.0 Å². The van der Waals surface area contributed by atoms with Crippen LogP contribution >= 0.6 is 0 Å². The number of nitrogens with zero attached hydrogens (tertiary/aromatic N) is 1. The predicted molar refractivity (Wildman–Crippen MR) is 81.8 cm³/mol. The summed E-state index contributed by atoms with van der Waals surface area (Å²) < 4.78 is 38.5. The van der Waals surface area contributed by atoms with Crippen LogP contribution < -0.4 is 17.0 Å². The molecule has 0 aromatic carbocycles. The topological polar surface area (TPSA) is 77.0 Å². The monoisotopic (exact) mass is 314 g/mol. The van der Waals surface area contributed by atoms with E-state index in [2.05, 4.69) is 18.8 Å². The number of hydrogen-bond donors (Lipinski definition) is 3. The van der Waals surface area contributed by atoms with Crippen molar-refractivity contribution in [3.63, 3.8) is 0 Å². The van der Waals surface area contributed by atoms with Crippen LogP contribution in [0.15, 0.2) is 30.1 Å². The Morgan fingerprint density at radius 3 is 2.59 bits per heavy atom. The van der Waals surface area contributed by atoms with E-state index < -0.39 is 17.6 Å². The summed E-state index contributed by atoms with van der Waals surface area (Å²) in [6, 6.07) is 2.94. The maximum absolute atomic E-state index is 12.8. The third-order valence-corrected chi connectivity index (χ3v) is 3.35. The van der Waals surface area contributed by atoms with Gasteiger partial charge in [0.2, 0.25) is 0 Å². The van der Waals surface area contributed by atoms with Crippen LogP contribution in [0.25, 0.3) is 11.3 Å². The average Bonchev–Trinajstić information content (AvgIpc) is 2.46. The maximum atomic E-state index is 12.8. The molecule has 1 unspecified atom stereocenters. The van der Waals surface area contributed by atoms with Gasteiger partial charge < -0.3 is 11.2 Å². The molecule has 0 aliphatic heterocycles. The Hall–Kier alpha value is -2.02. The summed E-state index contributed by atoms with van der Waals surface area (Å²) in [6.45, 7) is 5.98. The number of pyridine rings is 1. The van der Waals surface area contributed by atoms with Crippen molar-refractivity contribution in [2.24, 2.45) is 17.5 Å². The third-order valence-electron chi connectivity index (χ3n) is 3.35. The maximum Gasteiger partial charge on any atom is 0.434 e. The fourth-order valence-corrected chi connectivity index (χ4v) is 1.90. The molecule has 0 amide bonds. The molecule has 0 aliphatic carbocycles. The molecule has 1 atom stereocenters.